The van der Waals surface area contributed by atoms with E-state index in [0.29, 0.717) is 6.54 Å². The van der Waals surface area contributed by atoms with E-state index < -0.39 is 0 Å². The highest BCUT2D eigenvalue weighted by atomic mass is 32.1. The topological polar surface area (TPSA) is 34.9 Å². The second kappa shape index (κ2) is 4.17. The lowest BCUT2D eigenvalue weighted by atomic mass is 9.96. The monoisotopic (exact) mass is 212 g/mol. The van der Waals surface area contributed by atoms with Crippen LogP contribution in [0.4, 0.5) is 0 Å². The highest BCUT2D eigenvalue weighted by molar-refractivity contribution is 7.80. The SMILES string of the molecule is Cc1ccn(CC(C)(C)CS)c(=O)n1. The molecule has 0 bridgehead atoms. The first kappa shape index (κ1) is 11.3. The van der Waals surface area contributed by atoms with Crippen molar-refractivity contribution in [2.45, 2.75) is 27.3 Å². The third-order valence-corrected chi connectivity index (χ3v) is 2.90. The first-order valence-electron chi connectivity index (χ1n) is 4.59. The van der Waals surface area contributed by atoms with E-state index in [1.165, 1.54) is 0 Å². The maximum Gasteiger partial charge on any atom is 0.347 e. The fraction of sp³-hybridized carbons (Fsp3) is 0.600. The molecule has 0 spiro atoms. The lowest BCUT2D eigenvalue weighted by Gasteiger charge is -2.22. The number of aromatic nitrogens is 2. The summed E-state index contributed by atoms with van der Waals surface area (Å²) in [6, 6.07) is 1.84. The molecule has 0 saturated carbocycles. The van der Waals surface area contributed by atoms with Gasteiger partial charge in [0, 0.05) is 18.4 Å². The second-order valence-corrected chi connectivity index (χ2v) is 4.62. The van der Waals surface area contributed by atoms with Gasteiger partial charge in [0.2, 0.25) is 0 Å². The van der Waals surface area contributed by atoms with Crippen LogP contribution in [-0.2, 0) is 6.54 Å². The molecule has 0 aliphatic heterocycles. The van der Waals surface area contributed by atoms with Crippen molar-refractivity contribution < 1.29 is 0 Å². The molecule has 0 unspecified atom stereocenters. The van der Waals surface area contributed by atoms with Crippen LogP contribution in [0.5, 0.6) is 0 Å². The summed E-state index contributed by atoms with van der Waals surface area (Å²) in [6.07, 6.45) is 1.79. The Morgan fingerprint density at radius 1 is 1.57 bits per heavy atom. The van der Waals surface area contributed by atoms with E-state index in [9.17, 15) is 4.79 Å². The molecule has 3 nitrogen and oxygen atoms in total. The smallest absolute Gasteiger partial charge is 0.299 e. The van der Waals surface area contributed by atoms with Gasteiger partial charge in [-0.3, -0.25) is 4.57 Å². The standard InChI is InChI=1S/C10H16N2OS/c1-8-4-5-12(9(13)11-8)6-10(2,3)7-14/h4-5,14H,6-7H2,1-3H3. The van der Waals surface area contributed by atoms with E-state index in [1.807, 2.05) is 13.0 Å². The highest BCUT2D eigenvalue weighted by Gasteiger charge is 2.16. The molecule has 1 rings (SSSR count). The third kappa shape index (κ3) is 2.87. The highest BCUT2D eigenvalue weighted by Crippen LogP contribution is 2.18. The fourth-order valence-electron chi connectivity index (χ4n) is 1.15. The molecule has 4 heteroatoms. The number of aryl methyl sites for hydroxylation is 1. The molecule has 14 heavy (non-hydrogen) atoms. The van der Waals surface area contributed by atoms with E-state index in [0.717, 1.165) is 11.4 Å². The Balaban J connectivity index is 2.93. The molecule has 0 atom stereocenters. The maximum absolute atomic E-state index is 11.5. The summed E-state index contributed by atoms with van der Waals surface area (Å²) in [6.45, 7) is 6.62. The van der Waals surface area contributed by atoms with E-state index in [2.05, 4.69) is 31.5 Å². The predicted octanol–water partition coefficient (Wildman–Crippen LogP) is 1.51. The summed E-state index contributed by atoms with van der Waals surface area (Å²) in [5.74, 6) is 0.743. The van der Waals surface area contributed by atoms with Gasteiger partial charge in [0.1, 0.15) is 0 Å². The third-order valence-electron chi connectivity index (χ3n) is 2.04. The fourth-order valence-corrected chi connectivity index (χ4v) is 1.25. The molecular formula is C10H16N2OS. The van der Waals surface area contributed by atoms with Crippen molar-refractivity contribution in [1.29, 1.82) is 0 Å². The summed E-state index contributed by atoms with van der Waals surface area (Å²) in [4.78, 5) is 15.3. The molecule has 0 aromatic carbocycles. The van der Waals surface area contributed by atoms with E-state index in [1.54, 1.807) is 10.8 Å². The van der Waals surface area contributed by atoms with E-state index >= 15 is 0 Å². The Kier molecular flexibility index (Phi) is 3.37. The van der Waals surface area contributed by atoms with Gasteiger partial charge in [0.15, 0.2) is 0 Å². The van der Waals surface area contributed by atoms with Crippen LogP contribution in [0.15, 0.2) is 17.1 Å². The lowest BCUT2D eigenvalue weighted by molar-refractivity contribution is 0.344. The lowest BCUT2D eigenvalue weighted by Crippen LogP contribution is -2.30. The molecule has 0 N–H and O–H groups in total. The molecule has 0 saturated heterocycles. The van der Waals surface area contributed by atoms with Gasteiger partial charge in [-0.1, -0.05) is 13.8 Å². The summed E-state index contributed by atoms with van der Waals surface area (Å²) in [5, 5.41) is 0. The van der Waals surface area contributed by atoms with Crippen LogP contribution in [0.1, 0.15) is 19.5 Å². The number of thiol groups is 1. The average molecular weight is 212 g/mol. The molecule has 0 fully saturated rings. The van der Waals surface area contributed by atoms with Crippen molar-refractivity contribution in [3.8, 4) is 0 Å². The van der Waals surface area contributed by atoms with Crippen molar-refractivity contribution in [3.05, 3.63) is 28.4 Å². The minimum absolute atomic E-state index is 0.0177. The zero-order valence-electron chi connectivity index (χ0n) is 8.82. The summed E-state index contributed by atoms with van der Waals surface area (Å²) >= 11 is 4.25. The van der Waals surface area contributed by atoms with Crippen LogP contribution in [-0.4, -0.2) is 15.3 Å². The van der Waals surface area contributed by atoms with Crippen molar-refractivity contribution in [3.63, 3.8) is 0 Å². The van der Waals surface area contributed by atoms with E-state index in [-0.39, 0.29) is 11.1 Å². The molecule has 0 aliphatic carbocycles. The van der Waals surface area contributed by atoms with Gasteiger partial charge >= 0.3 is 5.69 Å². The van der Waals surface area contributed by atoms with Gasteiger partial charge in [-0.25, -0.2) is 4.79 Å². The molecular weight excluding hydrogens is 196 g/mol. The van der Waals surface area contributed by atoms with Gasteiger partial charge in [0.05, 0.1) is 0 Å². The first-order chi connectivity index (χ1) is 6.44. The van der Waals surface area contributed by atoms with Gasteiger partial charge in [-0.15, -0.1) is 0 Å². The summed E-state index contributed by atoms with van der Waals surface area (Å²) < 4.78 is 1.63. The first-order valence-corrected chi connectivity index (χ1v) is 5.23. The quantitative estimate of drug-likeness (QED) is 0.771. The Bertz CT molecular complexity index is 371. The number of hydrogen-bond donors (Lipinski definition) is 1. The van der Waals surface area contributed by atoms with Crippen molar-refractivity contribution in [1.82, 2.24) is 9.55 Å². The Labute approximate surface area is 89.6 Å². The molecule has 1 heterocycles. The molecule has 1 aromatic rings. The van der Waals surface area contributed by atoms with Crippen LogP contribution in [0, 0.1) is 12.3 Å². The predicted molar refractivity (Wildman–Crippen MR) is 60.9 cm³/mol. The molecule has 78 valence electrons. The Morgan fingerprint density at radius 3 is 2.71 bits per heavy atom. The van der Waals surface area contributed by atoms with Gasteiger partial charge in [-0.05, 0) is 24.2 Å². The molecule has 0 radical (unpaired) electrons. The van der Waals surface area contributed by atoms with Crippen LogP contribution in [0.2, 0.25) is 0 Å². The van der Waals surface area contributed by atoms with E-state index in [4.69, 9.17) is 0 Å². The molecule has 0 aliphatic rings. The maximum atomic E-state index is 11.5. The Morgan fingerprint density at radius 2 is 2.21 bits per heavy atom. The molecule has 0 amide bonds. The van der Waals surface area contributed by atoms with Crippen LogP contribution in [0.3, 0.4) is 0 Å². The largest absolute Gasteiger partial charge is 0.347 e. The molecule has 1 aromatic heterocycles. The zero-order valence-corrected chi connectivity index (χ0v) is 9.71. The number of nitrogens with zero attached hydrogens (tertiary/aromatic N) is 2. The van der Waals surface area contributed by atoms with Crippen molar-refractivity contribution in [2.24, 2.45) is 5.41 Å². The van der Waals surface area contributed by atoms with Gasteiger partial charge in [0.25, 0.3) is 0 Å². The van der Waals surface area contributed by atoms with Crippen molar-refractivity contribution >= 4 is 12.6 Å². The second-order valence-electron chi connectivity index (χ2n) is 4.30. The van der Waals surface area contributed by atoms with Gasteiger partial charge in [-0.2, -0.15) is 17.6 Å². The normalized spacial score (nSPS) is 11.7. The number of hydrogen-bond acceptors (Lipinski definition) is 3. The average Bonchev–Trinajstić information content (AvgIpc) is 2.10. The summed E-state index contributed by atoms with van der Waals surface area (Å²) in [7, 11) is 0. The minimum atomic E-state index is -0.181. The van der Waals surface area contributed by atoms with Crippen LogP contribution < -0.4 is 5.69 Å². The van der Waals surface area contributed by atoms with Gasteiger partial charge < -0.3 is 0 Å². The number of rotatable bonds is 3. The van der Waals surface area contributed by atoms with Crippen molar-refractivity contribution in [2.75, 3.05) is 5.75 Å². The van der Waals surface area contributed by atoms with Crippen LogP contribution in [0.25, 0.3) is 0 Å². The summed E-state index contributed by atoms with van der Waals surface area (Å²) in [5.41, 5.74) is 0.596. The minimum Gasteiger partial charge on any atom is -0.299 e. The van der Waals surface area contributed by atoms with Crippen LogP contribution >= 0.6 is 12.6 Å². The zero-order chi connectivity index (χ0) is 10.8. The Hall–Kier alpha value is -0.770.